The van der Waals surface area contributed by atoms with Gasteiger partial charge in [0.25, 0.3) is 0 Å². The smallest absolute Gasteiger partial charge is 0.129 e. The van der Waals surface area contributed by atoms with Gasteiger partial charge in [0, 0.05) is 24.1 Å². The van der Waals surface area contributed by atoms with Gasteiger partial charge in [0.2, 0.25) is 0 Å². The average Bonchev–Trinajstić information content (AvgIpc) is 2.32. The Morgan fingerprint density at radius 3 is 2.94 bits per heavy atom. The molecule has 17 heavy (non-hydrogen) atoms. The zero-order chi connectivity index (χ0) is 12.4. The second kappa shape index (κ2) is 5.33. The molecule has 0 amide bonds. The van der Waals surface area contributed by atoms with E-state index in [1.54, 1.807) is 0 Å². The van der Waals surface area contributed by atoms with Crippen LogP contribution in [0.4, 0.5) is 5.82 Å². The Morgan fingerprint density at radius 1 is 1.53 bits per heavy atom. The van der Waals surface area contributed by atoms with Gasteiger partial charge in [-0.2, -0.15) is 0 Å². The highest BCUT2D eigenvalue weighted by Gasteiger charge is 2.25. The summed E-state index contributed by atoms with van der Waals surface area (Å²) in [6, 6.07) is 4.07. The van der Waals surface area contributed by atoms with Crippen LogP contribution in [0.15, 0.2) is 16.6 Å². The minimum Gasteiger partial charge on any atom is -0.370 e. The largest absolute Gasteiger partial charge is 0.370 e. The molecule has 1 aromatic rings. The van der Waals surface area contributed by atoms with Crippen LogP contribution in [0, 0.1) is 6.92 Å². The minimum atomic E-state index is 0.101. The van der Waals surface area contributed by atoms with Gasteiger partial charge in [-0.3, -0.25) is 0 Å². The van der Waals surface area contributed by atoms with E-state index in [1.165, 1.54) is 0 Å². The van der Waals surface area contributed by atoms with Crippen molar-refractivity contribution in [3.8, 4) is 0 Å². The second-order valence-corrected chi connectivity index (χ2v) is 5.30. The summed E-state index contributed by atoms with van der Waals surface area (Å²) in [7, 11) is 0. The third-order valence-corrected chi connectivity index (χ3v) is 3.76. The van der Waals surface area contributed by atoms with Crippen LogP contribution in [0.1, 0.15) is 12.6 Å². The first-order chi connectivity index (χ1) is 8.10. The van der Waals surface area contributed by atoms with Crippen molar-refractivity contribution < 1.29 is 4.74 Å². The number of anilines is 1. The summed E-state index contributed by atoms with van der Waals surface area (Å²) in [6.07, 6.45) is 0.299. The van der Waals surface area contributed by atoms with Gasteiger partial charge in [0.05, 0.1) is 17.9 Å². The molecule has 1 aliphatic heterocycles. The van der Waals surface area contributed by atoms with Gasteiger partial charge < -0.3 is 15.4 Å². The molecular weight excluding hydrogens is 282 g/mol. The van der Waals surface area contributed by atoms with E-state index < -0.39 is 0 Å². The fraction of sp³-hybridized carbons (Fsp3) is 0.583. The van der Waals surface area contributed by atoms with E-state index in [9.17, 15) is 0 Å². The Balaban J connectivity index is 2.17. The van der Waals surface area contributed by atoms with Gasteiger partial charge in [-0.15, -0.1) is 0 Å². The number of pyridine rings is 1. The molecule has 1 fully saturated rings. The molecule has 0 spiro atoms. The number of rotatable bonds is 2. The van der Waals surface area contributed by atoms with Crippen molar-refractivity contribution in [3.63, 3.8) is 0 Å². The van der Waals surface area contributed by atoms with Crippen molar-refractivity contribution in [2.75, 3.05) is 24.5 Å². The van der Waals surface area contributed by atoms with Crippen LogP contribution in [0.25, 0.3) is 0 Å². The quantitative estimate of drug-likeness (QED) is 0.903. The number of aryl methyl sites for hydroxylation is 1. The SMILES string of the molecule is Cc1nc(N2CC(C)OC(CN)C2)ccc1Br. The number of morpholine rings is 1. The van der Waals surface area contributed by atoms with Gasteiger partial charge in [-0.05, 0) is 41.9 Å². The summed E-state index contributed by atoms with van der Waals surface area (Å²) >= 11 is 3.47. The van der Waals surface area contributed by atoms with E-state index in [0.29, 0.717) is 6.54 Å². The second-order valence-electron chi connectivity index (χ2n) is 4.45. The van der Waals surface area contributed by atoms with Crippen LogP contribution >= 0.6 is 15.9 Å². The molecule has 1 saturated heterocycles. The topological polar surface area (TPSA) is 51.4 Å². The van der Waals surface area contributed by atoms with Crippen molar-refractivity contribution in [1.82, 2.24) is 4.98 Å². The van der Waals surface area contributed by atoms with Crippen molar-refractivity contribution in [3.05, 3.63) is 22.3 Å². The van der Waals surface area contributed by atoms with Crippen molar-refractivity contribution in [2.45, 2.75) is 26.1 Å². The fourth-order valence-corrected chi connectivity index (χ4v) is 2.29. The number of halogens is 1. The molecule has 2 heterocycles. The van der Waals surface area contributed by atoms with E-state index in [1.807, 2.05) is 19.1 Å². The summed E-state index contributed by atoms with van der Waals surface area (Å²) < 4.78 is 6.78. The first-order valence-corrected chi connectivity index (χ1v) is 6.63. The van der Waals surface area contributed by atoms with Crippen molar-refractivity contribution in [1.29, 1.82) is 0 Å². The van der Waals surface area contributed by atoms with Crippen LogP contribution in [0.3, 0.4) is 0 Å². The van der Waals surface area contributed by atoms with E-state index in [4.69, 9.17) is 10.5 Å². The van der Waals surface area contributed by atoms with Crippen LogP contribution in [0.5, 0.6) is 0 Å². The molecule has 5 heteroatoms. The molecule has 2 N–H and O–H groups in total. The maximum atomic E-state index is 5.74. The highest BCUT2D eigenvalue weighted by molar-refractivity contribution is 9.10. The molecule has 0 aromatic carbocycles. The van der Waals surface area contributed by atoms with E-state index in [2.05, 4.69) is 32.7 Å². The first-order valence-electron chi connectivity index (χ1n) is 5.83. The van der Waals surface area contributed by atoms with Gasteiger partial charge in [-0.1, -0.05) is 0 Å². The third-order valence-electron chi connectivity index (χ3n) is 2.92. The molecule has 0 aliphatic carbocycles. The van der Waals surface area contributed by atoms with Crippen LogP contribution in [-0.2, 0) is 4.74 Å². The normalized spacial score (nSPS) is 25.1. The molecule has 0 radical (unpaired) electrons. The summed E-state index contributed by atoms with van der Waals surface area (Å²) in [6.45, 7) is 6.30. The lowest BCUT2D eigenvalue weighted by Gasteiger charge is -2.37. The monoisotopic (exact) mass is 299 g/mol. The summed E-state index contributed by atoms with van der Waals surface area (Å²) in [4.78, 5) is 6.82. The lowest BCUT2D eigenvalue weighted by molar-refractivity contribution is -0.0107. The van der Waals surface area contributed by atoms with Crippen molar-refractivity contribution >= 4 is 21.7 Å². The van der Waals surface area contributed by atoms with E-state index in [0.717, 1.165) is 29.1 Å². The van der Waals surface area contributed by atoms with Gasteiger partial charge in [-0.25, -0.2) is 4.98 Å². The number of nitrogens with two attached hydrogens (primary N) is 1. The molecular formula is C12H18BrN3O. The first kappa shape index (κ1) is 12.8. The van der Waals surface area contributed by atoms with E-state index >= 15 is 0 Å². The minimum absolute atomic E-state index is 0.101. The Hall–Kier alpha value is -0.650. The van der Waals surface area contributed by atoms with Crippen LogP contribution in [0.2, 0.25) is 0 Å². The maximum absolute atomic E-state index is 5.74. The number of hydrogen-bond acceptors (Lipinski definition) is 4. The number of hydrogen-bond donors (Lipinski definition) is 1. The zero-order valence-electron chi connectivity index (χ0n) is 10.2. The fourth-order valence-electron chi connectivity index (χ4n) is 2.07. The Labute approximate surface area is 110 Å². The predicted octanol–water partition coefficient (Wildman–Crippen LogP) is 1.70. The lowest BCUT2D eigenvalue weighted by atomic mass is 10.2. The number of nitrogens with zero attached hydrogens (tertiary/aromatic N) is 2. The van der Waals surface area contributed by atoms with Crippen LogP contribution < -0.4 is 10.6 Å². The van der Waals surface area contributed by atoms with Crippen molar-refractivity contribution in [2.24, 2.45) is 5.73 Å². The molecule has 2 atom stereocenters. The molecule has 4 nitrogen and oxygen atoms in total. The average molecular weight is 300 g/mol. The zero-order valence-corrected chi connectivity index (χ0v) is 11.8. The standard InChI is InChI=1S/C12H18BrN3O/c1-8-6-16(7-10(5-14)17-8)12-4-3-11(13)9(2)15-12/h3-4,8,10H,5-7,14H2,1-2H3. The molecule has 2 unspecified atom stereocenters. The summed E-state index contributed by atoms with van der Waals surface area (Å²) in [5, 5.41) is 0. The number of aromatic nitrogens is 1. The summed E-state index contributed by atoms with van der Waals surface area (Å²) in [5.74, 6) is 0.999. The summed E-state index contributed by atoms with van der Waals surface area (Å²) in [5.41, 5.74) is 6.69. The highest BCUT2D eigenvalue weighted by Crippen LogP contribution is 2.22. The Bertz CT molecular complexity index is 399. The highest BCUT2D eigenvalue weighted by atomic mass is 79.9. The molecule has 0 bridgehead atoms. The lowest BCUT2D eigenvalue weighted by Crippen LogP contribution is -2.49. The Kier molecular flexibility index (Phi) is 4.01. The molecule has 0 saturated carbocycles. The molecule has 1 aromatic heterocycles. The number of ether oxygens (including phenoxy) is 1. The van der Waals surface area contributed by atoms with Gasteiger partial charge in [0.15, 0.2) is 0 Å². The molecule has 1 aliphatic rings. The molecule has 94 valence electrons. The third kappa shape index (κ3) is 2.97. The molecule has 2 rings (SSSR count). The van der Waals surface area contributed by atoms with E-state index in [-0.39, 0.29) is 12.2 Å². The van der Waals surface area contributed by atoms with Crippen LogP contribution in [-0.4, -0.2) is 36.8 Å². The van der Waals surface area contributed by atoms with Gasteiger partial charge >= 0.3 is 0 Å². The van der Waals surface area contributed by atoms with Gasteiger partial charge in [0.1, 0.15) is 5.82 Å². The predicted molar refractivity (Wildman–Crippen MR) is 72.3 cm³/mol. The Morgan fingerprint density at radius 2 is 2.29 bits per heavy atom. The maximum Gasteiger partial charge on any atom is 0.129 e.